The third-order valence-corrected chi connectivity index (χ3v) is 4.81. The Kier molecular flexibility index (Phi) is 5.65. The Labute approximate surface area is 144 Å². The quantitative estimate of drug-likeness (QED) is 0.540. The van der Waals surface area contributed by atoms with E-state index in [4.69, 9.17) is 30.0 Å². The summed E-state index contributed by atoms with van der Waals surface area (Å²) in [5, 5.41) is 0. The highest BCUT2D eigenvalue weighted by Gasteiger charge is 2.12. The number of aryl methyl sites for hydroxylation is 3. The largest absolute Gasteiger partial charge is 0.494 e. The lowest BCUT2D eigenvalue weighted by Gasteiger charge is -2.15. The van der Waals surface area contributed by atoms with Crippen LogP contribution in [-0.2, 0) is 0 Å². The molecule has 0 amide bonds. The molecule has 2 aromatic carbocycles. The Morgan fingerprint density at radius 3 is 2.14 bits per heavy atom. The van der Waals surface area contributed by atoms with Crippen molar-refractivity contribution >= 4 is 35.1 Å². The van der Waals surface area contributed by atoms with Gasteiger partial charge in [0.25, 0.3) is 0 Å². The Balaban J connectivity index is 2.58. The van der Waals surface area contributed by atoms with E-state index in [1.54, 1.807) is 0 Å². The highest BCUT2D eigenvalue weighted by Crippen LogP contribution is 2.37. The molecule has 0 heterocycles. The first-order valence-corrected chi connectivity index (χ1v) is 8.27. The van der Waals surface area contributed by atoms with Gasteiger partial charge in [0.2, 0.25) is 0 Å². The highest BCUT2D eigenvalue weighted by atomic mass is 32.1. The number of hydrogen-bond acceptors (Lipinski definition) is 3. The Morgan fingerprint density at radius 2 is 1.55 bits per heavy atom. The average molecular weight is 331 g/mol. The third kappa shape index (κ3) is 3.53. The van der Waals surface area contributed by atoms with Crippen molar-refractivity contribution in [3.63, 3.8) is 0 Å². The van der Waals surface area contributed by atoms with Crippen molar-refractivity contribution < 1.29 is 4.74 Å². The minimum absolute atomic E-state index is 0.652. The van der Waals surface area contributed by atoms with Gasteiger partial charge in [-0.25, -0.2) is 0 Å². The fraction of sp³-hybridized carbons (Fsp3) is 0.263. The molecule has 116 valence electrons. The summed E-state index contributed by atoms with van der Waals surface area (Å²) in [5.74, 6) is 0.859. The zero-order valence-corrected chi connectivity index (χ0v) is 15.3. The van der Waals surface area contributed by atoms with Gasteiger partial charge in [-0.1, -0.05) is 24.3 Å². The number of rotatable bonds is 4. The second-order valence-corrected chi connectivity index (χ2v) is 6.27. The Bertz CT molecular complexity index is 697. The van der Waals surface area contributed by atoms with E-state index < -0.39 is 0 Å². The predicted octanol–water partition coefficient (Wildman–Crippen LogP) is 5.70. The Morgan fingerprint density at radius 1 is 0.909 bits per heavy atom. The summed E-state index contributed by atoms with van der Waals surface area (Å²) in [7, 11) is 0. The van der Waals surface area contributed by atoms with E-state index in [9.17, 15) is 0 Å². The molecule has 0 aliphatic heterocycles. The summed E-state index contributed by atoms with van der Waals surface area (Å²) < 4.78 is 5.60. The predicted molar refractivity (Wildman–Crippen MR) is 103 cm³/mol. The monoisotopic (exact) mass is 330 g/mol. The van der Waals surface area contributed by atoms with Gasteiger partial charge in [-0.3, -0.25) is 0 Å². The van der Waals surface area contributed by atoms with Crippen LogP contribution >= 0.6 is 25.3 Å². The van der Waals surface area contributed by atoms with Gasteiger partial charge in [0.1, 0.15) is 5.75 Å². The normalized spacial score (nSPS) is 12.1. The van der Waals surface area contributed by atoms with E-state index in [-0.39, 0.29) is 0 Å². The molecule has 0 N–H and O–H groups in total. The lowest BCUT2D eigenvalue weighted by Crippen LogP contribution is -1.95. The van der Waals surface area contributed by atoms with Crippen LogP contribution in [0.25, 0.3) is 9.81 Å². The van der Waals surface area contributed by atoms with Crippen LogP contribution in [0, 0.1) is 20.8 Å². The summed E-state index contributed by atoms with van der Waals surface area (Å²) in [5.41, 5.74) is 5.77. The van der Waals surface area contributed by atoms with Crippen LogP contribution in [0.2, 0.25) is 0 Å². The molecule has 2 rings (SSSR count). The SMILES string of the molecule is CCOc1ccc(C)c(/C(S)=C(/S)c2c(C)cccc2C)c1. The zero-order chi connectivity index (χ0) is 16.3. The number of benzene rings is 2. The second-order valence-electron chi connectivity index (χ2n) is 5.37. The van der Waals surface area contributed by atoms with Crippen molar-refractivity contribution in [2.75, 3.05) is 6.61 Å². The molecule has 0 saturated carbocycles. The summed E-state index contributed by atoms with van der Waals surface area (Å²) in [6.07, 6.45) is 0. The van der Waals surface area contributed by atoms with Crippen LogP contribution in [0.15, 0.2) is 36.4 Å². The summed E-state index contributed by atoms with van der Waals surface area (Å²) in [6.45, 7) is 8.91. The van der Waals surface area contributed by atoms with E-state index in [1.165, 1.54) is 11.1 Å². The van der Waals surface area contributed by atoms with E-state index in [2.05, 4.69) is 45.0 Å². The molecule has 0 spiro atoms. The van der Waals surface area contributed by atoms with E-state index in [0.717, 1.165) is 32.3 Å². The maximum atomic E-state index is 5.60. The molecule has 0 aliphatic rings. The van der Waals surface area contributed by atoms with Crippen LogP contribution in [0.5, 0.6) is 5.75 Å². The minimum Gasteiger partial charge on any atom is -0.494 e. The molecular formula is C19H22OS2. The van der Waals surface area contributed by atoms with Gasteiger partial charge in [-0.05, 0) is 67.6 Å². The minimum atomic E-state index is 0.652. The number of hydrogen-bond donors (Lipinski definition) is 2. The van der Waals surface area contributed by atoms with Gasteiger partial charge in [0.15, 0.2) is 0 Å². The first-order chi connectivity index (χ1) is 10.5. The molecule has 22 heavy (non-hydrogen) atoms. The van der Waals surface area contributed by atoms with Crippen LogP contribution < -0.4 is 4.74 Å². The molecule has 0 aromatic heterocycles. The van der Waals surface area contributed by atoms with Crippen LogP contribution in [0.3, 0.4) is 0 Å². The molecule has 0 bridgehead atoms. The fourth-order valence-electron chi connectivity index (χ4n) is 2.55. The summed E-state index contributed by atoms with van der Waals surface area (Å²) in [4.78, 5) is 1.77. The maximum Gasteiger partial charge on any atom is 0.119 e. The fourth-order valence-corrected chi connectivity index (χ4v) is 3.37. The van der Waals surface area contributed by atoms with Crippen molar-refractivity contribution in [1.29, 1.82) is 0 Å². The molecule has 0 unspecified atom stereocenters. The standard InChI is InChI=1S/C19H22OS2/c1-5-20-15-10-9-12(2)16(11-15)18(21)19(22)17-13(3)7-6-8-14(17)4/h6-11,21-22H,5H2,1-4H3/b19-18-. The lowest BCUT2D eigenvalue weighted by molar-refractivity contribution is 0.340. The molecule has 0 atom stereocenters. The van der Waals surface area contributed by atoms with Crippen molar-refractivity contribution in [3.8, 4) is 5.75 Å². The average Bonchev–Trinajstić information content (AvgIpc) is 2.48. The van der Waals surface area contributed by atoms with E-state index in [1.807, 2.05) is 19.1 Å². The van der Waals surface area contributed by atoms with Crippen LogP contribution in [-0.4, -0.2) is 6.61 Å². The zero-order valence-electron chi connectivity index (χ0n) is 13.5. The molecule has 0 radical (unpaired) electrons. The van der Waals surface area contributed by atoms with Gasteiger partial charge < -0.3 is 4.74 Å². The molecule has 0 fully saturated rings. The van der Waals surface area contributed by atoms with Gasteiger partial charge >= 0.3 is 0 Å². The molecule has 2 aromatic rings. The highest BCUT2D eigenvalue weighted by molar-refractivity contribution is 7.96. The molecule has 0 aliphatic carbocycles. The van der Waals surface area contributed by atoms with E-state index in [0.29, 0.717) is 6.61 Å². The molecule has 3 heteroatoms. The van der Waals surface area contributed by atoms with Crippen LogP contribution in [0.1, 0.15) is 34.7 Å². The Hall–Kier alpha value is -1.32. The van der Waals surface area contributed by atoms with Gasteiger partial charge in [0, 0.05) is 9.81 Å². The van der Waals surface area contributed by atoms with Gasteiger partial charge in [0.05, 0.1) is 6.61 Å². The first-order valence-electron chi connectivity index (χ1n) is 7.38. The van der Waals surface area contributed by atoms with Crippen LogP contribution in [0.4, 0.5) is 0 Å². The maximum absolute atomic E-state index is 5.60. The van der Waals surface area contributed by atoms with Crippen molar-refractivity contribution in [3.05, 3.63) is 64.2 Å². The van der Waals surface area contributed by atoms with Crippen molar-refractivity contribution in [2.45, 2.75) is 27.7 Å². The van der Waals surface area contributed by atoms with Gasteiger partial charge in [-0.15, -0.1) is 25.3 Å². The van der Waals surface area contributed by atoms with Crippen molar-refractivity contribution in [1.82, 2.24) is 0 Å². The molecular weight excluding hydrogens is 308 g/mol. The lowest BCUT2D eigenvalue weighted by atomic mass is 10.00. The van der Waals surface area contributed by atoms with E-state index >= 15 is 0 Å². The topological polar surface area (TPSA) is 9.23 Å². The number of ether oxygens (including phenoxy) is 1. The third-order valence-electron chi connectivity index (χ3n) is 3.72. The van der Waals surface area contributed by atoms with Crippen molar-refractivity contribution in [2.24, 2.45) is 0 Å². The molecule has 0 saturated heterocycles. The summed E-state index contributed by atoms with van der Waals surface area (Å²) >= 11 is 9.51. The number of thiol groups is 2. The van der Waals surface area contributed by atoms with Gasteiger partial charge in [-0.2, -0.15) is 0 Å². The second kappa shape index (κ2) is 7.30. The smallest absolute Gasteiger partial charge is 0.119 e. The first kappa shape index (κ1) is 17.0. The molecule has 1 nitrogen and oxygen atoms in total. The summed E-state index contributed by atoms with van der Waals surface area (Å²) in [6, 6.07) is 12.3.